The van der Waals surface area contributed by atoms with Crippen molar-refractivity contribution >= 4 is 28.2 Å². The predicted molar refractivity (Wildman–Crippen MR) is 84.7 cm³/mol. The van der Waals surface area contributed by atoms with Crippen molar-refractivity contribution in [2.75, 3.05) is 17.2 Å². The Bertz CT molecular complexity index is 779. The summed E-state index contributed by atoms with van der Waals surface area (Å²) in [5.74, 6) is -0.134. The minimum Gasteiger partial charge on any atom is -0.385 e. The van der Waals surface area contributed by atoms with Crippen molar-refractivity contribution in [1.29, 1.82) is 0 Å². The molecule has 0 aliphatic rings. The molecule has 0 unspecified atom stereocenters. The highest BCUT2D eigenvalue weighted by Gasteiger charge is 2.11. The summed E-state index contributed by atoms with van der Waals surface area (Å²) in [5, 5.41) is 14.0. The second-order valence-electron chi connectivity index (χ2n) is 4.70. The zero-order valence-corrected chi connectivity index (χ0v) is 11.7. The highest BCUT2D eigenvalue weighted by Crippen LogP contribution is 2.20. The largest absolute Gasteiger partial charge is 0.385 e. The summed E-state index contributed by atoms with van der Waals surface area (Å²) >= 11 is 0. The quantitative estimate of drug-likeness (QED) is 0.687. The van der Waals surface area contributed by atoms with Gasteiger partial charge in [0.05, 0.1) is 17.3 Å². The molecule has 0 fully saturated rings. The van der Waals surface area contributed by atoms with E-state index in [1.807, 2.05) is 49.4 Å². The second kappa shape index (κ2) is 5.66. The van der Waals surface area contributed by atoms with Gasteiger partial charge in [0.1, 0.15) is 0 Å². The summed E-state index contributed by atoms with van der Waals surface area (Å²) < 4.78 is 0. The maximum Gasteiger partial charge on any atom is 0.257 e. The Labute approximate surface area is 122 Å². The number of rotatable bonds is 4. The van der Waals surface area contributed by atoms with Gasteiger partial charge in [-0.2, -0.15) is 5.10 Å². The molecule has 0 aliphatic carbocycles. The number of amides is 1. The molecule has 3 rings (SSSR count). The first-order valence-electron chi connectivity index (χ1n) is 6.85. The molecule has 0 atom stereocenters. The van der Waals surface area contributed by atoms with E-state index in [9.17, 15) is 4.79 Å². The fourth-order valence-corrected chi connectivity index (χ4v) is 2.24. The molecule has 1 amide bonds. The third-order valence-corrected chi connectivity index (χ3v) is 3.24. The Morgan fingerprint density at radius 1 is 1.24 bits per heavy atom. The smallest absolute Gasteiger partial charge is 0.257 e. The standard InChI is InChI=1S/C16H16N4O/c1-2-17-14-6-4-3-5-13(14)16(21)19-12-8-7-11-10-18-20-15(11)9-12/h3-10,17H,2H2,1H3,(H,18,20)(H,19,21). The first-order chi connectivity index (χ1) is 10.3. The van der Waals surface area contributed by atoms with Crippen molar-refractivity contribution in [3.63, 3.8) is 0 Å². The van der Waals surface area contributed by atoms with Gasteiger partial charge in [-0.05, 0) is 37.3 Å². The average Bonchev–Trinajstić information content (AvgIpc) is 2.95. The number of hydrogen-bond donors (Lipinski definition) is 3. The highest BCUT2D eigenvalue weighted by molar-refractivity contribution is 6.08. The van der Waals surface area contributed by atoms with Crippen LogP contribution in [0.4, 0.5) is 11.4 Å². The second-order valence-corrected chi connectivity index (χ2v) is 4.70. The number of aromatic amines is 1. The SMILES string of the molecule is CCNc1ccccc1C(=O)Nc1ccc2cn[nH]c2c1. The number of aromatic nitrogens is 2. The van der Waals surface area contributed by atoms with E-state index in [2.05, 4.69) is 20.8 Å². The molecule has 0 saturated heterocycles. The third kappa shape index (κ3) is 2.72. The fraction of sp³-hybridized carbons (Fsp3) is 0.125. The molecule has 3 N–H and O–H groups in total. The zero-order valence-electron chi connectivity index (χ0n) is 11.7. The van der Waals surface area contributed by atoms with Gasteiger partial charge in [-0.25, -0.2) is 0 Å². The van der Waals surface area contributed by atoms with Gasteiger partial charge in [0.15, 0.2) is 0 Å². The summed E-state index contributed by atoms with van der Waals surface area (Å²) in [5.41, 5.74) is 3.10. The Morgan fingerprint density at radius 2 is 2.10 bits per heavy atom. The number of para-hydroxylation sites is 1. The van der Waals surface area contributed by atoms with E-state index in [0.29, 0.717) is 5.56 Å². The molecule has 1 aromatic heterocycles. The molecule has 1 heterocycles. The van der Waals surface area contributed by atoms with Crippen LogP contribution in [0, 0.1) is 0 Å². The van der Waals surface area contributed by atoms with Gasteiger partial charge in [0.25, 0.3) is 5.91 Å². The normalized spacial score (nSPS) is 10.5. The summed E-state index contributed by atoms with van der Waals surface area (Å²) in [6.45, 7) is 2.77. The van der Waals surface area contributed by atoms with Crippen LogP contribution in [0.25, 0.3) is 10.9 Å². The van der Waals surface area contributed by atoms with E-state index in [0.717, 1.165) is 28.8 Å². The Kier molecular flexibility index (Phi) is 3.55. The molecule has 2 aromatic carbocycles. The van der Waals surface area contributed by atoms with E-state index in [1.165, 1.54) is 0 Å². The van der Waals surface area contributed by atoms with Crippen molar-refractivity contribution < 1.29 is 4.79 Å². The van der Waals surface area contributed by atoms with Crippen LogP contribution in [-0.4, -0.2) is 22.6 Å². The predicted octanol–water partition coefficient (Wildman–Crippen LogP) is 3.25. The summed E-state index contributed by atoms with van der Waals surface area (Å²) in [4.78, 5) is 12.4. The Hall–Kier alpha value is -2.82. The topological polar surface area (TPSA) is 69.8 Å². The zero-order chi connectivity index (χ0) is 14.7. The highest BCUT2D eigenvalue weighted by atomic mass is 16.1. The maximum absolute atomic E-state index is 12.4. The number of H-pyrrole nitrogens is 1. The van der Waals surface area contributed by atoms with Crippen molar-refractivity contribution in [2.45, 2.75) is 6.92 Å². The van der Waals surface area contributed by atoms with E-state index in [-0.39, 0.29) is 5.91 Å². The summed E-state index contributed by atoms with van der Waals surface area (Å²) in [7, 11) is 0. The first kappa shape index (κ1) is 13.2. The lowest BCUT2D eigenvalue weighted by atomic mass is 10.1. The molecule has 5 nitrogen and oxygen atoms in total. The van der Waals surface area contributed by atoms with Crippen LogP contribution < -0.4 is 10.6 Å². The lowest BCUT2D eigenvalue weighted by molar-refractivity contribution is 0.102. The van der Waals surface area contributed by atoms with Gasteiger partial charge in [-0.15, -0.1) is 0 Å². The molecular weight excluding hydrogens is 264 g/mol. The average molecular weight is 280 g/mol. The number of fused-ring (bicyclic) bond motifs is 1. The summed E-state index contributed by atoms with van der Waals surface area (Å²) in [6, 6.07) is 13.1. The number of nitrogens with zero attached hydrogens (tertiary/aromatic N) is 1. The van der Waals surface area contributed by atoms with Gasteiger partial charge < -0.3 is 10.6 Å². The lowest BCUT2D eigenvalue weighted by Crippen LogP contribution is -2.14. The Morgan fingerprint density at radius 3 is 2.95 bits per heavy atom. The van der Waals surface area contributed by atoms with E-state index in [1.54, 1.807) is 6.20 Å². The minimum absolute atomic E-state index is 0.134. The number of carbonyl (C=O) groups is 1. The van der Waals surface area contributed by atoms with E-state index >= 15 is 0 Å². The van der Waals surface area contributed by atoms with Crippen LogP contribution in [-0.2, 0) is 0 Å². The summed E-state index contributed by atoms with van der Waals surface area (Å²) in [6.07, 6.45) is 1.75. The van der Waals surface area contributed by atoms with Crippen molar-refractivity contribution in [2.24, 2.45) is 0 Å². The molecule has 0 saturated carbocycles. The minimum atomic E-state index is -0.134. The van der Waals surface area contributed by atoms with Gasteiger partial charge in [-0.3, -0.25) is 9.89 Å². The van der Waals surface area contributed by atoms with Crippen molar-refractivity contribution in [3.05, 3.63) is 54.2 Å². The fourth-order valence-electron chi connectivity index (χ4n) is 2.24. The maximum atomic E-state index is 12.4. The molecule has 0 aliphatic heterocycles. The van der Waals surface area contributed by atoms with Crippen LogP contribution in [0.5, 0.6) is 0 Å². The van der Waals surface area contributed by atoms with Crippen molar-refractivity contribution in [3.8, 4) is 0 Å². The van der Waals surface area contributed by atoms with Gasteiger partial charge in [-0.1, -0.05) is 12.1 Å². The van der Waals surface area contributed by atoms with E-state index < -0.39 is 0 Å². The number of nitrogens with one attached hydrogen (secondary N) is 3. The van der Waals surface area contributed by atoms with Crippen LogP contribution >= 0.6 is 0 Å². The molecule has 5 heteroatoms. The molecule has 21 heavy (non-hydrogen) atoms. The van der Waals surface area contributed by atoms with Crippen molar-refractivity contribution in [1.82, 2.24) is 10.2 Å². The number of hydrogen-bond acceptors (Lipinski definition) is 3. The molecular formula is C16H16N4O. The van der Waals surface area contributed by atoms with Crippen LogP contribution in [0.1, 0.15) is 17.3 Å². The monoisotopic (exact) mass is 280 g/mol. The third-order valence-electron chi connectivity index (χ3n) is 3.24. The Balaban J connectivity index is 1.85. The van der Waals surface area contributed by atoms with Crippen LogP contribution in [0.2, 0.25) is 0 Å². The molecule has 0 bridgehead atoms. The first-order valence-corrected chi connectivity index (χ1v) is 6.85. The number of carbonyl (C=O) groups excluding carboxylic acids is 1. The molecule has 0 radical (unpaired) electrons. The lowest BCUT2D eigenvalue weighted by Gasteiger charge is -2.11. The molecule has 0 spiro atoms. The number of benzene rings is 2. The van der Waals surface area contributed by atoms with Crippen LogP contribution in [0.15, 0.2) is 48.7 Å². The molecule has 3 aromatic rings. The molecule has 106 valence electrons. The van der Waals surface area contributed by atoms with E-state index in [4.69, 9.17) is 0 Å². The van der Waals surface area contributed by atoms with Gasteiger partial charge in [0, 0.05) is 23.3 Å². The number of anilines is 2. The van der Waals surface area contributed by atoms with Gasteiger partial charge in [0.2, 0.25) is 0 Å². The van der Waals surface area contributed by atoms with Gasteiger partial charge >= 0.3 is 0 Å². The van der Waals surface area contributed by atoms with Crippen LogP contribution in [0.3, 0.4) is 0 Å².